The van der Waals surface area contributed by atoms with Crippen LogP contribution in [0.4, 0.5) is 5.69 Å². The van der Waals surface area contributed by atoms with Gasteiger partial charge in [0, 0.05) is 18.2 Å². The summed E-state index contributed by atoms with van der Waals surface area (Å²) in [5.74, 6) is 1.21. The Morgan fingerprint density at radius 1 is 1.27 bits per heavy atom. The van der Waals surface area contributed by atoms with Crippen LogP contribution in [0.25, 0.3) is 6.08 Å². The van der Waals surface area contributed by atoms with Crippen molar-refractivity contribution in [2.75, 3.05) is 0 Å². The average Bonchev–Trinajstić information content (AvgIpc) is 2.92. The van der Waals surface area contributed by atoms with Gasteiger partial charge in [-0.15, -0.1) is 0 Å². The number of furan rings is 1. The van der Waals surface area contributed by atoms with Crippen molar-refractivity contribution in [3.63, 3.8) is 0 Å². The maximum absolute atomic E-state index is 11.8. The number of non-ortho nitro benzene ring substituents is 1. The number of hydrogen-bond acceptors (Lipinski definition) is 4. The fourth-order valence-corrected chi connectivity index (χ4v) is 1.90. The molecule has 0 aliphatic carbocycles. The van der Waals surface area contributed by atoms with Crippen LogP contribution >= 0.6 is 0 Å². The third kappa shape index (κ3) is 4.05. The van der Waals surface area contributed by atoms with E-state index >= 15 is 0 Å². The van der Waals surface area contributed by atoms with Gasteiger partial charge in [0.2, 0.25) is 5.91 Å². The number of rotatable bonds is 5. The molecule has 1 amide bonds. The summed E-state index contributed by atoms with van der Waals surface area (Å²) < 4.78 is 5.44. The summed E-state index contributed by atoms with van der Waals surface area (Å²) >= 11 is 0. The van der Waals surface area contributed by atoms with E-state index in [1.54, 1.807) is 18.2 Å². The zero-order chi connectivity index (χ0) is 16.1. The highest BCUT2D eigenvalue weighted by atomic mass is 16.6. The molecular weight excluding hydrogens is 284 g/mol. The van der Waals surface area contributed by atoms with Gasteiger partial charge in [0.1, 0.15) is 11.5 Å². The molecule has 6 heteroatoms. The number of benzene rings is 1. The molecule has 0 bridgehead atoms. The Hall–Kier alpha value is -2.89. The molecule has 6 nitrogen and oxygen atoms in total. The fraction of sp³-hybridized carbons (Fsp3) is 0.188. The molecule has 1 aromatic heterocycles. The van der Waals surface area contributed by atoms with E-state index in [4.69, 9.17) is 4.42 Å². The van der Waals surface area contributed by atoms with Crippen molar-refractivity contribution in [1.82, 2.24) is 5.32 Å². The average molecular weight is 300 g/mol. The number of aryl methyl sites for hydroxylation is 1. The van der Waals surface area contributed by atoms with E-state index in [-0.39, 0.29) is 17.6 Å². The van der Waals surface area contributed by atoms with Crippen LogP contribution in [0.1, 0.15) is 30.0 Å². The minimum Gasteiger partial charge on any atom is -0.464 e. The molecule has 0 saturated carbocycles. The molecule has 114 valence electrons. The summed E-state index contributed by atoms with van der Waals surface area (Å²) in [5.41, 5.74) is 0.727. The summed E-state index contributed by atoms with van der Waals surface area (Å²) in [6.45, 7) is 3.67. The fourth-order valence-electron chi connectivity index (χ4n) is 1.90. The number of amides is 1. The lowest BCUT2D eigenvalue weighted by molar-refractivity contribution is -0.384. The lowest BCUT2D eigenvalue weighted by Crippen LogP contribution is -2.24. The Kier molecular flexibility index (Phi) is 4.73. The summed E-state index contributed by atoms with van der Waals surface area (Å²) in [6, 6.07) is 9.38. The molecule has 0 aliphatic rings. The Morgan fingerprint density at radius 2 is 1.95 bits per heavy atom. The molecule has 0 fully saturated rings. The quantitative estimate of drug-likeness (QED) is 0.521. The van der Waals surface area contributed by atoms with Crippen LogP contribution in [0, 0.1) is 17.0 Å². The highest BCUT2D eigenvalue weighted by Gasteiger charge is 2.10. The predicted molar refractivity (Wildman–Crippen MR) is 82.1 cm³/mol. The molecular formula is C16H16N2O4. The molecule has 1 N–H and O–H groups in total. The van der Waals surface area contributed by atoms with Crippen molar-refractivity contribution in [2.45, 2.75) is 19.9 Å². The molecule has 0 aliphatic heterocycles. The number of carbonyl (C=O) groups excluding carboxylic acids is 1. The van der Waals surface area contributed by atoms with Gasteiger partial charge >= 0.3 is 0 Å². The SMILES string of the molecule is Cc1ccc(C(C)NC(=O)/C=C/c2ccc([N+](=O)[O-])cc2)o1. The monoisotopic (exact) mass is 300 g/mol. The van der Waals surface area contributed by atoms with Crippen LogP contribution in [0.3, 0.4) is 0 Å². The van der Waals surface area contributed by atoms with Crippen molar-refractivity contribution in [1.29, 1.82) is 0 Å². The predicted octanol–water partition coefficient (Wildman–Crippen LogP) is 3.39. The van der Waals surface area contributed by atoms with E-state index in [0.29, 0.717) is 11.3 Å². The maximum Gasteiger partial charge on any atom is 0.269 e. The van der Waals surface area contributed by atoms with Gasteiger partial charge in [-0.2, -0.15) is 0 Å². The number of nitro benzene ring substituents is 1. The second-order valence-electron chi connectivity index (χ2n) is 4.86. The highest BCUT2D eigenvalue weighted by molar-refractivity contribution is 5.91. The van der Waals surface area contributed by atoms with Crippen molar-refractivity contribution >= 4 is 17.7 Å². The van der Waals surface area contributed by atoms with Crippen LogP contribution in [0.2, 0.25) is 0 Å². The van der Waals surface area contributed by atoms with E-state index < -0.39 is 4.92 Å². The first-order chi connectivity index (χ1) is 10.5. The molecule has 0 saturated heterocycles. The number of carbonyl (C=O) groups is 1. The molecule has 1 heterocycles. The lowest BCUT2D eigenvalue weighted by atomic mass is 10.2. The van der Waals surface area contributed by atoms with Gasteiger partial charge in [0.25, 0.3) is 5.69 Å². The van der Waals surface area contributed by atoms with E-state index in [9.17, 15) is 14.9 Å². The molecule has 0 spiro atoms. The van der Waals surface area contributed by atoms with Crippen LogP contribution in [-0.2, 0) is 4.79 Å². The largest absolute Gasteiger partial charge is 0.464 e. The number of nitrogens with zero attached hydrogens (tertiary/aromatic N) is 1. The molecule has 22 heavy (non-hydrogen) atoms. The summed E-state index contributed by atoms with van der Waals surface area (Å²) in [5, 5.41) is 13.3. The first kappa shape index (κ1) is 15.5. The minimum absolute atomic E-state index is 0.0170. The molecule has 1 unspecified atom stereocenters. The Balaban J connectivity index is 1.94. The van der Waals surface area contributed by atoms with Crippen LogP contribution in [-0.4, -0.2) is 10.8 Å². The van der Waals surface area contributed by atoms with Crippen molar-refractivity contribution in [3.05, 3.63) is 69.7 Å². The van der Waals surface area contributed by atoms with Gasteiger partial charge in [0.05, 0.1) is 11.0 Å². The van der Waals surface area contributed by atoms with Crippen molar-refractivity contribution in [3.8, 4) is 0 Å². The van der Waals surface area contributed by atoms with Gasteiger partial charge < -0.3 is 9.73 Å². The van der Waals surface area contributed by atoms with Crippen molar-refractivity contribution < 1.29 is 14.1 Å². The summed E-state index contributed by atoms with van der Waals surface area (Å²) in [4.78, 5) is 21.9. The van der Waals surface area contributed by atoms with Gasteiger partial charge in [0.15, 0.2) is 0 Å². The zero-order valence-electron chi connectivity index (χ0n) is 12.3. The highest BCUT2D eigenvalue weighted by Crippen LogP contribution is 2.16. The van der Waals surface area contributed by atoms with E-state index in [1.807, 2.05) is 26.0 Å². The number of nitro groups is 1. The second kappa shape index (κ2) is 6.71. The first-order valence-corrected chi connectivity index (χ1v) is 6.75. The van der Waals surface area contributed by atoms with E-state index in [0.717, 1.165) is 5.76 Å². The number of hydrogen-bond donors (Lipinski definition) is 1. The summed E-state index contributed by atoms with van der Waals surface area (Å²) in [6.07, 6.45) is 2.98. The van der Waals surface area contributed by atoms with Gasteiger partial charge in [-0.05, 0) is 49.8 Å². The molecule has 1 atom stereocenters. The Morgan fingerprint density at radius 3 is 2.50 bits per heavy atom. The van der Waals surface area contributed by atoms with Gasteiger partial charge in [-0.1, -0.05) is 0 Å². The maximum atomic E-state index is 11.8. The Labute approximate surface area is 127 Å². The van der Waals surface area contributed by atoms with Crippen LogP contribution in [0.5, 0.6) is 0 Å². The topological polar surface area (TPSA) is 85.4 Å². The molecule has 2 aromatic rings. The molecule has 2 rings (SSSR count). The Bertz CT molecular complexity index is 701. The van der Waals surface area contributed by atoms with Crippen LogP contribution in [0.15, 0.2) is 46.9 Å². The van der Waals surface area contributed by atoms with Crippen LogP contribution < -0.4 is 5.32 Å². The zero-order valence-corrected chi connectivity index (χ0v) is 12.3. The normalized spacial score (nSPS) is 12.3. The standard InChI is InChI=1S/C16H16N2O4/c1-11-3-9-15(22-11)12(2)17-16(19)10-6-13-4-7-14(8-5-13)18(20)21/h3-10,12H,1-2H3,(H,17,19)/b10-6+. The number of nitrogens with one attached hydrogen (secondary N) is 1. The first-order valence-electron chi connectivity index (χ1n) is 6.75. The third-order valence-corrected chi connectivity index (χ3v) is 3.08. The molecule has 1 aromatic carbocycles. The lowest BCUT2D eigenvalue weighted by Gasteiger charge is -2.09. The third-order valence-electron chi connectivity index (χ3n) is 3.08. The smallest absolute Gasteiger partial charge is 0.269 e. The second-order valence-corrected chi connectivity index (χ2v) is 4.86. The van der Waals surface area contributed by atoms with Gasteiger partial charge in [-0.3, -0.25) is 14.9 Å². The molecule has 0 radical (unpaired) electrons. The van der Waals surface area contributed by atoms with Gasteiger partial charge in [-0.25, -0.2) is 0 Å². The van der Waals surface area contributed by atoms with E-state index in [2.05, 4.69) is 5.32 Å². The minimum atomic E-state index is -0.465. The van der Waals surface area contributed by atoms with Crippen molar-refractivity contribution in [2.24, 2.45) is 0 Å². The summed E-state index contributed by atoms with van der Waals surface area (Å²) in [7, 11) is 0. The van der Waals surface area contributed by atoms with E-state index in [1.165, 1.54) is 18.2 Å².